The van der Waals surface area contributed by atoms with Crippen LogP contribution in [0.25, 0.3) is 10.9 Å². The normalized spacial score (nSPS) is 10.4. The average Bonchev–Trinajstić information content (AvgIpc) is 2.81. The third-order valence-corrected chi connectivity index (χ3v) is 4.20. The van der Waals surface area contributed by atoms with Crippen molar-refractivity contribution in [3.63, 3.8) is 0 Å². The molecule has 0 aliphatic rings. The zero-order chi connectivity index (χ0) is 15.7. The molecular weight excluding hydrogens is 300 g/mol. The Balaban J connectivity index is 2.21. The molecule has 0 amide bonds. The van der Waals surface area contributed by atoms with E-state index in [1.54, 1.807) is 26.4 Å². The maximum atomic E-state index is 11.9. The Labute approximate surface area is 130 Å². The zero-order valence-electron chi connectivity index (χ0n) is 12.0. The summed E-state index contributed by atoms with van der Waals surface area (Å²) in [5.74, 6) is 0.618. The Morgan fingerprint density at radius 2 is 2.23 bits per heavy atom. The summed E-state index contributed by atoms with van der Waals surface area (Å²) in [4.78, 5) is 16.2. The fraction of sp³-hybridized carbons (Fsp3) is 0.133. The summed E-state index contributed by atoms with van der Waals surface area (Å²) < 4.78 is 6.80. The lowest BCUT2D eigenvalue weighted by Crippen LogP contribution is -2.11. The summed E-state index contributed by atoms with van der Waals surface area (Å²) in [5.41, 5.74) is 1.27. The van der Waals surface area contributed by atoms with Gasteiger partial charge in [-0.2, -0.15) is 5.26 Å². The molecule has 1 aromatic carbocycles. The smallest absolute Gasteiger partial charge is 0.280 e. The Morgan fingerprint density at radius 3 is 2.95 bits per heavy atom. The molecule has 0 spiro atoms. The van der Waals surface area contributed by atoms with E-state index in [2.05, 4.69) is 10.3 Å². The van der Waals surface area contributed by atoms with Crippen molar-refractivity contribution < 1.29 is 4.74 Å². The molecule has 0 atom stereocenters. The number of aryl methyl sites for hydroxylation is 1. The summed E-state index contributed by atoms with van der Waals surface area (Å²) in [6.07, 6.45) is 1.71. The van der Waals surface area contributed by atoms with E-state index >= 15 is 0 Å². The van der Waals surface area contributed by atoms with Crippen molar-refractivity contribution in [2.75, 3.05) is 12.4 Å². The number of anilines is 2. The Bertz CT molecular complexity index is 952. The number of nitrogens with zero attached hydrogens (tertiary/aromatic N) is 3. The zero-order valence-corrected chi connectivity index (χ0v) is 12.8. The van der Waals surface area contributed by atoms with E-state index in [0.717, 1.165) is 10.9 Å². The van der Waals surface area contributed by atoms with Crippen LogP contribution in [0, 0.1) is 11.3 Å². The molecule has 0 radical (unpaired) electrons. The van der Waals surface area contributed by atoms with Gasteiger partial charge >= 0.3 is 0 Å². The van der Waals surface area contributed by atoms with Crippen molar-refractivity contribution in [3.05, 3.63) is 46.4 Å². The van der Waals surface area contributed by atoms with Crippen LogP contribution in [-0.2, 0) is 7.05 Å². The van der Waals surface area contributed by atoms with Gasteiger partial charge in [-0.05, 0) is 35.8 Å². The highest BCUT2D eigenvalue weighted by molar-refractivity contribution is 7.11. The van der Waals surface area contributed by atoms with Crippen molar-refractivity contribution in [3.8, 4) is 11.8 Å². The highest BCUT2D eigenvalue weighted by atomic mass is 32.1. The molecule has 0 aliphatic carbocycles. The van der Waals surface area contributed by atoms with Gasteiger partial charge in [-0.15, -0.1) is 0 Å². The van der Waals surface area contributed by atoms with Crippen molar-refractivity contribution in [2.24, 2.45) is 7.05 Å². The number of methoxy groups -OCH3 is 1. The monoisotopic (exact) mass is 312 g/mol. The third-order valence-electron chi connectivity index (χ3n) is 3.27. The Morgan fingerprint density at radius 1 is 1.41 bits per heavy atom. The van der Waals surface area contributed by atoms with Crippen LogP contribution in [0.5, 0.6) is 5.75 Å². The van der Waals surface area contributed by atoms with E-state index in [-0.39, 0.29) is 11.1 Å². The second-order valence-electron chi connectivity index (χ2n) is 4.55. The second-order valence-corrected chi connectivity index (χ2v) is 5.69. The molecule has 0 fully saturated rings. The topological polar surface area (TPSA) is 79.9 Å². The van der Waals surface area contributed by atoms with Gasteiger partial charge in [-0.25, -0.2) is 0 Å². The van der Waals surface area contributed by atoms with Crippen LogP contribution in [0.1, 0.15) is 5.56 Å². The molecule has 2 aromatic heterocycles. The van der Waals surface area contributed by atoms with E-state index in [4.69, 9.17) is 4.74 Å². The van der Waals surface area contributed by atoms with E-state index in [1.807, 2.05) is 24.3 Å². The lowest BCUT2D eigenvalue weighted by Gasteiger charge is -2.12. The summed E-state index contributed by atoms with van der Waals surface area (Å²) in [6.45, 7) is 0. The van der Waals surface area contributed by atoms with Crippen LogP contribution in [0.4, 0.5) is 10.7 Å². The lowest BCUT2D eigenvalue weighted by atomic mass is 10.1. The van der Waals surface area contributed by atoms with Gasteiger partial charge in [0.2, 0.25) is 0 Å². The molecule has 0 aliphatic heterocycles. The van der Waals surface area contributed by atoms with Crippen LogP contribution in [0.2, 0.25) is 0 Å². The van der Waals surface area contributed by atoms with E-state index in [1.165, 1.54) is 15.5 Å². The van der Waals surface area contributed by atoms with Gasteiger partial charge in [-0.1, -0.05) is 0 Å². The molecular formula is C15H12N4O2S. The molecule has 0 saturated heterocycles. The largest absolute Gasteiger partial charge is 0.495 e. The first-order valence-electron chi connectivity index (χ1n) is 6.45. The summed E-state index contributed by atoms with van der Waals surface area (Å²) in [6, 6.07) is 9.34. The maximum absolute atomic E-state index is 11.9. The fourth-order valence-electron chi connectivity index (χ4n) is 2.21. The van der Waals surface area contributed by atoms with Crippen LogP contribution < -0.4 is 15.6 Å². The van der Waals surface area contributed by atoms with E-state index in [9.17, 15) is 10.1 Å². The van der Waals surface area contributed by atoms with Crippen LogP contribution >= 0.6 is 11.5 Å². The molecule has 110 valence electrons. The van der Waals surface area contributed by atoms with Gasteiger partial charge in [-0.3, -0.25) is 13.7 Å². The third kappa shape index (κ3) is 2.19. The number of hydrogen-bond acceptors (Lipinski definition) is 6. The number of benzene rings is 1. The molecule has 0 saturated carbocycles. The molecule has 1 N–H and O–H groups in total. The maximum Gasteiger partial charge on any atom is 0.280 e. The first-order valence-corrected chi connectivity index (χ1v) is 7.22. The Hall–Kier alpha value is -2.85. The van der Waals surface area contributed by atoms with Crippen LogP contribution in [0.15, 0.2) is 35.3 Å². The van der Waals surface area contributed by atoms with Crippen molar-refractivity contribution >= 4 is 33.1 Å². The molecule has 2 heterocycles. The van der Waals surface area contributed by atoms with Crippen molar-refractivity contribution in [1.82, 2.24) is 8.94 Å². The highest BCUT2D eigenvalue weighted by Gasteiger charge is 2.16. The molecule has 0 unspecified atom stereocenters. The molecule has 3 rings (SSSR count). The second kappa shape index (κ2) is 5.50. The first kappa shape index (κ1) is 14.1. The summed E-state index contributed by atoms with van der Waals surface area (Å²) >= 11 is 1.18. The van der Waals surface area contributed by atoms with Crippen LogP contribution in [0.3, 0.4) is 0 Å². The molecule has 6 nitrogen and oxygen atoms in total. The molecule has 0 bridgehead atoms. The SMILES string of the molecule is COc1ccc2ncccc2c1Nc1sn(C)c(=O)c1C#N. The summed E-state index contributed by atoms with van der Waals surface area (Å²) in [5, 5.41) is 13.7. The molecule has 7 heteroatoms. The van der Waals surface area contributed by atoms with E-state index < -0.39 is 0 Å². The Kier molecular flexibility index (Phi) is 3.53. The van der Waals surface area contributed by atoms with E-state index in [0.29, 0.717) is 16.4 Å². The lowest BCUT2D eigenvalue weighted by molar-refractivity contribution is 0.417. The van der Waals surface area contributed by atoms with Gasteiger partial charge in [0.25, 0.3) is 5.56 Å². The van der Waals surface area contributed by atoms with Crippen molar-refractivity contribution in [2.45, 2.75) is 0 Å². The number of fused-ring (bicyclic) bond motifs is 1. The number of pyridine rings is 1. The quantitative estimate of drug-likeness (QED) is 0.804. The number of hydrogen-bond donors (Lipinski definition) is 1. The predicted octanol–water partition coefficient (Wildman–Crippen LogP) is 2.62. The minimum atomic E-state index is -0.313. The molecule has 22 heavy (non-hydrogen) atoms. The molecule has 3 aromatic rings. The van der Waals surface area contributed by atoms with Gasteiger partial charge in [0.05, 0.1) is 18.3 Å². The highest BCUT2D eigenvalue weighted by Crippen LogP contribution is 2.36. The minimum Gasteiger partial charge on any atom is -0.495 e. The number of aromatic nitrogens is 2. The number of nitriles is 1. The fourth-order valence-corrected chi connectivity index (χ4v) is 3.03. The van der Waals surface area contributed by atoms with Gasteiger partial charge in [0, 0.05) is 18.6 Å². The van der Waals surface area contributed by atoms with Crippen LogP contribution in [-0.4, -0.2) is 16.1 Å². The van der Waals surface area contributed by atoms with Gasteiger partial charge < -0.3 is 10.1 Å². The number of ether oxygens (including phenoxy) is 1. The number of rotatable bonds is 3. The van der Waals surface area contributed by atoms with Gasteiger partial charge in [0.15, 0.2) is 5.56 Å². The average molecular weight is 312 g/mol. The van der Waals surface area contributed by atoms with Crippen molar-refractivity contribution in [1.29, 1.82) is 5.26 Å². The first-order chi connectivity index (χ1) is 10.7. The minimum absolute atomic E-state index is 0.0930. The standard InChI is InChI=1S/C15H12N4O2S/c1-19-15(20)10(8-16)14(22-19)18-13-9-4-3-7-17-11(9)5-6-12(13)21-2/h3-7,18H,1-2H3. The van der Waals surface area contributed by atoms with Gasteiger partial charge in [0.1, 0.15) is 16.8 Å². The predicted molar refractivity (Wildman–Crippen MR) is 85.9 cm³/mol. The number of nitrogens with one attached hydrogen (secondary N) is 1. The summed E-state index contributed by atoms with van der Waals surface area (Å²) in [7, 11) is 3.20.